The lowest BCUT2D eigenvalue weighted by Gasteiger charge is -2.24. The summed E-state index contributed by atoms with van der Waals surface area (Å²) in [5.41, 5.74) is 1.11. The molecule has 0 spiro atoms. The van der Waals surface area contributed by atoms with Gasteiger partial charge in [0.1, 0.15) is 0 Å². The number of aromatic nitrogens is 2. The van der Waals surface area contributed by atoms with Crippen LogP contribution in [0.25, 0.3) is 0 Å². The fraction of sp³-hybridized carbons (Fsp3) is 0.714. The van der Waals surface area contributed by atoms with Gasteiger partial charge in [0.2, 0.25) is 5.95 Å². The molecule has 1 rings (SSSR count). The van der Waals surface area contributed by atoms with E-state index in [0.29, 0.717) is 12.5 Å². The molecule has 1 aromatic rings. The first kappa shape index (κ1) is 15.9. The molecule has 108 valence electrons. The summed E-state index contributed by atoms with van der Waals surface area (Å²) >= 11 is 0. The lowest BCUT2D eigenvalue weighted by molar-refractivity contribution is 0.204. The molecular formula is C14H26N4O. The fourth-order valence-corrected chi connectivity index (χ4v) is 1.79. The minimum atomic E-state index is 0.571. The Balaban J connectivity index is 2.66. The van der Waals surface area contributed by atoms with Crippen molar-refractivity contribution in [3.05, 3.63) is 18.0 Å². The van der Waals surface area contributed by atoms with Gasteiger partial charge in [0.15, 0.2) is 0 Å². The van der Waals surface area contributed by atoms with Crippen LogP contribution in [0.4, 0.5) is 5.95 Å². The van der Waals surface area contributed by atoms with Crippen LogP contribution in [0.5, 0.6) is 0 Å². The molecule has 0 radical (unpaired) electrons. The van der Waals surface area contributed by atoms with Gasteiger partial charge in [0.25, 0.3) is 0 Å². The largest absolute Gasteiger partial charge is 0.383 e. The Morgan fingerprint density at radius 1 is 1.32 bits per heavy atom. The molecule has 1 N–H and O–H groups in total. The molecule has 0 saturated carbocycles. The van der Waals surface area contributed by atoms with Crippen molar-refractivity contribution in [3.8, 4) is 0 Å². The second-order valence-corrected chi connectivity index (χ2v) is 5.00. The summed E-state index contributed by atoms with van der Waals surface area (Å²) in [5.74, 6) is 1.35. The van der Waals surface area contributed by atoms with E-state index in [1.165, 1.54) is 0 Å². The summed E-state index contributed by atoms with van der Waals surface area (Å²) in [5, 5.41) is 3.27. The van der Waals surface area contributed by atoms with Gasteiger partial charge in [0, 0.05) is 44.7 Å². The summed E-state index contributed by atoms with van der Waals surface area (Å²) in [4.78, 5) is 11.1. The van der Waals surface area contributed by atoms with E-state index in [0.717, 1.165) is 37.7 Å². The Morgan fingerprint density at radius 2 is 2.00 bits per heavy atom. The first-order chi connectivity index (χ1) is 9.17. The summed E-state index contributed by atoms with van der Waals surface area (Å²) < 4.78 is 5.15. The number of rotatable bonds is 9. The van der Waals surface area contributed by atoms with Crippen LogP contribution < -0.4 is 10.2 Å². The predicted octanol–water partition coefficient (Wildman–Crippen LogP) is 1.69. The van der Waals surface area contributed by atoms with Crippen molar-refractivity contribution in [2.75, 3.05) is 38.3 Å². The van der Waals surface area contributed by atoms with E-state index in [1.54, 1.807) is 7.11 Å². The zero-order valence-electron chi connectivity index (χ0n) is 12.5. The molecule has 0 aliphatic rings. The Hall–Kier alpha value is -1.20. The van der Waals surface area contributed by atoms with Crippen LogP contribution in [0.3, 0.4) is 0 Å². The second-order valence-electron chi connectivity index (χ2n) is 5.00. The van der Waals surface area contributed by atoms with Gasteiger partial charge < -0.3 is 15.0 Å². The van der Waals surface area contributed by atoms with Gasteiger partial charge in [-0.3, -0.25) is 0 Å². The highest BCUT2D eigenvalue weighted by Crippen LogP contribution is 2.09. The minimum absolute atomic E-state index is 0.571. The van der Waals surface area contributed by atoms with E-state index >= 15 is 0 Å². The highest BCUT2D eigenvalue weighted by Gasteiger charge is 2.11. The Labute approximate surface area is 116 Å². The average Bonchev–Trinajstić information content (AvgIpc) is 2.41. The number of methoxy groups -OCH3 is 1. The first-order valence-corrected chi connectivity index (χ1v) is 6.92. The molecule has 5 heteroatoms. The Bertz CT molecular complexity index is 340. The van der Waals surface area contributed by atoms with Gasteiger partial charge in [-0.25, -0.2) is 9.97 Å². The number of anilines is 1. The summed E-state index contributed by atoms with van der Waals surface area (Å²) in [6, 6.07) is 0. The fourth-order valence-electron chi connectivity index (χ4n) is 1.79. The Morgan fingerprint density at radius 3 is 2.53 bits per heavy atom. The lowest BCUT2D eigenvalue weighted by atomic mass is 10.2. The highest BCUT2D eigenvalue weighted by molar-refractivity contribution is 5.29. The van der Waals surface area contributed by atoms with Gasteiger partial charge in [-0.15, -0.1) is 0 Å². The van der Waals surface area contributed by atoms with Gasteiger partial charge in [-0.2, -0.15) is 0 Å². The third kappa shape index (κ3) is 5.98. The molecule has 1 heterocycles. The van der Waals surface area contributed by atoms with Crippen molar-refractivity contribution in [2.24, 2.45) is 5.92 Å². The van der Waals surface area contributed by atoms with E-state index in [1.807, 2.05) is 12.4 Å². The molecule has 5 nitrogen and oxygen atoms in total. The second kappa shape index (κ2) is 8.82. The van der Waals surface area contributed by atoms with E-state index in [-0.39, 0.29) is 0 Å². The van der Waals surface area contributed by atoms with Crippen LogP contribution in [0.1, 0.15) is 26.3 Å². The minimum Gasteiger partial charge on any atom is -0.383 e. The normalized spacial score (nSPS) is 11.0. The summed E-state index contributed by atoms with van der Waals surface area (Å²) in [7, 11) is 1.72. The van der Waals surface area contributed by atoms with Crippen molar-refractivity contribution in [3.63, 3.8) is 0 Å². The SMILES string of the molecule is CCNCc1cnc(N(CCOC)CC(C)C)nc1. The smallest absolute Gasteiger partial charge is 0.225 e. The van der Waals surface area contributed by atoms with Crippen LogP contribution in [0.2, 0.25) is 0 Å². The molecule has 0 aliphatic heterocycles. The first-order valence-electron chi connectivity index (χ1n) is 6.92. The molecule has 0 unspecified atom stereocenters. The van der Waals surface area contributed by atoms with Gasteiger partial charge in [-0.1, -0.05) is 20.8 Å². The topological polar surface area (TPSA) is 50.3 Å². The average molecular weight is 266 g/mol. The predicted molar refractivity (Wildman–Crippen MR) is 78.3 cm³/mol. The van der Waals surface area contributed by atoms with Crippen molar-refractivity contribution in [1.29, 1.82) is 0 Å². The molecule has 0 aliphatic carbocycles. The maximum atomic E-state index is 5.15. The lowest BCUT2D eigenvalue weighted by Crippen LogP contribution is -2.32. The van der Waals surface area contributed by atoms with Crippen molar-refractivity contribution in [2.45, 2.75) is 27.3 Å². The van der Waals surface area contributed by atoms with E-state index in [4.69, 9.17) is 4.74 Å². The number of nitrogens with zero attached hydrogens (tertiary/aromatic N) is 3. The third-order valence-corrected chi connectivity index (χ3v) is 2.70. The van der Waals surface area contributed by atoms with Gasteiger partial charge in [-0.05, 0) is 12.5 Å². The summed E-state index contributed by atoms with van der Waals surface area (Å²) in [6.45, 7) is 10.7. The number of nitrogens with one attached hydrogen (secondary N) is 1. The van der Waals surface area contributed by atoms with E-state index in [2.05, 4.69) is 41.0 Å². The quantitative estimate of drug-likeness (QED) is 0.737. The van der Waals surface area contributed by atoms with E-state index in [9.17, 15) is 0 Å². The number of ether oxygens (including phenoxy) is 1. The van der Waals surface area contributed by atoms with Crippen LogP contribution in [0, 0.1) is 5.92 Å². The molecule has 0 amide bonds. The molecule has 0 bridgehead atoms. The number of hydrogen-bond donors (Lipinski definition) is 1. The maximum absolute atomic E-state index is 5.15. The monoisotopic (exact) mass is 266 g/mol. The molecule has 0 atom stereocenters. The highest BCUT2D eigenvalue weighted by atomic mass is 16.5. The third-order valence-electron chi connectivity index (χ3n) is 2.70. The summed E-state index contributed by atoms with van der Waals surface area (Å²) in [6.07, 6.45) is 3.79. The van der Waals surface area contributed by atoms with Crippen LogP contribution in [-0.4, -0.2) is 43.3 Å². The molecule has 1 aromatic heterocycles. The molecule has 0 saturated heterocycles. The zero-order chi connectivity index (χ0) is 14.1. The van der Waals surface area contributed by atoms with Crippen LogP contribution in [0.15, 0.2) is 12.4 Å². The van der Waals surface area contributed by atoms with Crippen molar-refractivity contribution in [1.82, 2.24) is 15.3 Å². The zero-order valence-corrected chi connectivity index (χ0v) is 12.5. The van der Waals surface area contributed by atoms with Crippen LogP contribution in [-0.2, 0) is 11.3 Å². The van der Waals surface area contributed by atoms with E-state index < -0.39 is 0 Å². The molecule has 0 fully saturated rings. The number of hydrogen-bond acceptors (Lipinski definition) is 5. The van der Waals surface area contributed by atoms with Gasteiger partial charge >= 0.3 is 0 Å². The molecule has 19 heavy (non-hydrogen) atoms. The van der Waals surface area contributed by atoms with Crippen LogP contribution >= 0.6 is 0 Å². The molecular weight excluding hydrogens is 240 g/mol. The maximum Gasteiger partial charge on any atom is 0.225 e. The van der Waals surface area contributed by atoms with Crippen molar-refractivity contribution >= 4 is 5.95 Å². The Kier molecular flexibility index (Phi) is 7.36. The standard InChI is InChI=1S/C14H26N4O/c1-5-15-8-13-9-16-14(17-10-13)18(6-7-19-4)11-12(2)3/h9-10,12,15H,5-8,11H2,1-4H3. The van der Waals surface area contributed by atoms with Gasteiger partial charge in [0.05, 0.1) is 6.61 Å². The van der Waals surface area contributed by atoms with Crippen molar-refractivity contribution < 1.29 is 4.74 Å². The molecule has 0 aromatic carbocycles.